The Kier molecular flexibility index (Phi) is 5.51. The van der Waals surface area contributed by atoms with Crippen molar-refractivity contribution >= 4 is 5.97 Å². The normalized spacial score (nSPS) is 28.9. The molecule has 26 heavy (non-hydrogen) atoms. The molecule has 1 heterocycles. The van der Waals surface area contributed by atoms with Crippen molar-refractivity contribution in [2.45, 2.75) is 44.6 Å². The predicted octanol–water partition coefficient (Wildman–Crippen LogP) is 3.98. The van der Waals surface area contributed by atoms with Crippen molar-refractivity contribution in [3.05, 3.63) is 29.3 Å². The van der Waals surface area contributed by atoms with E-state index in [0.29, 0.717) is 0 Å². The van der Waals surface area contributed by atoms with E-state index in [1.54, 1.807) is 0 Å². The zero-order valence-electron chi connectivity index (χ0n) is 14.6. The maximum Gasteiger partial charge on any atom is 0.417 e. The molecule has 4 unspecified atom stereocenters. The Morgan fingerprint density at radius 3 is 2.42 bits per heavy atom. The van der Waals surface area contributed by atoms with Crippen LogP contribution in [-0.4, -0.2) is 37.6 Å². The smallest absolute Gasteiger partial charge is 0.417 e. The fourth-order valence-electron chi connectivity index (χ4n) is 3.24. The number of halogens is 5. The lowest BCUT2D eigenvalue weighted by Crippen LogP contribution is -2.47. The third-order valence-corrected chi connectivity index (χ3v) is 4.83. The molecule has 1 aliphatic rings. The number of hydrogen-bond donors (Lipinski definition) is 0. The summed E-state index contributed by atoms with van der Waals surface area (Å²) in [6.45, 7) is 3.47. The standard InChI is InChI=1S/C17H19F5O4/c1-5-25-15(23)14-11(8(2)16(3,26-14)17(20,21)22)9-6-7-10(18)12(19)13(9)24-4/h6-8,11,14H,5H2,1-4H3. The number of rotatable bonds is 4. The highest BCUT2D eigenvalue weighted by Gasteiger charge is 2.66. The van der Waals surface area contributed by atoms with Crippen molar-refractivity contribution in [1.29, 1.82) is 0 Å². The van der Waals surface area contributed by atoms with Gasteiger partial charge < -0.3 is 14.2 Å². The number of ether oxygens (including phenoxy) is 3. The first kappa shape index (κ1) is 20.4. The molecule has 1 saturated heterocycles. The van der Waals surface area contributed by atoms with E-state index in [2.05, 4.69) is 0 Å². The largest absolute Gasteiger partial charge is 0.493 e. The number of methoxy groups -OCH3 is 1. The minimum atomic E-state index is -4.79. The number of carbonyl (C=O) groups is 1. The van der Waals surface area contributed by atoms with Gasteiger partial charge in [-0.05, 0) is 19.9 Å². The third-order valence-electron chi connectivity index (χ3n) is 4.83. The molecule has 0 radical (unpaired) electrons. The molecule has 0 aromatic heterocycles. The van der Waals surface area contributed by atoms with Crippen molar-refractivity contribution in [2.24, 2.45) is 5.92 Å². The van der Waals surface area contributed by atoms with Gasteiger partial charge in [-0.3, -0.25) is 0 Å². The topological polar surface area (TPSA) is 44.8 Å². The minimum absolute atomic E-state index is 0.0720. The lowest BCUT2D eigenvalue weighted by atomic mass is 9.77. The zero-order chi connectivity index (χ0) is 19.9. The second kappa shape index (κ2) is 7.02. The summed E-state index contributed by atoms with van der Waals surface area (Å²) in [7, 11) is 1.06. The fourth-order valence-corrected chi connectivity index (χ4v) is 3.24. The van der Waals surface area contributed by atoms with Crippen LogP contribution in [0.3, 0.4) is 0 Å². The van der Waals surface area contributed by atoms with E-state index < -0.39 is 53.1 Å². The molecule has 4 nitrogen and oxygen atoms in total. The molecule has 0 spiro atoms. The summed E-state index contributed by atoms with van der Waals surface area (Å²) in [6.07, 6.45) is -6.44. The maximum atomic E-state index is 14.1. The Hall–Kier alpha value is -1.90. The summed E-state index contributed by atoms with van der Waals surface area (Å²) in [5, 5.41) is 0. The van der Waals surface area contributed by atoms with Crippen LogP contribution in [0, 0.1) is 17.6 Å². The van der Waals surface area contributed by atoms with Crippen LogP contribution < -0.4 is 4.74 Å². The third kappa shape index (κ3) is 3.13. The number of alkyl halides is 3. The zero-order valence-corrected chi connectivity index (χ0v) is 14.6. The fraction of sp³-hybridized carbons (Fsp3) is 0.588. The SMILES string of the molecule is CCOC(=O)C1OC(C)(C(F)(F)F)C(C)C1c1ccc(F)c(F)c1OC. The van der Waals surface area contributed by atoms with Gasteiger partial charge in [0.1, 0.15) is 0 Å². The second-order valence-electron chi connectivity index (χ2n) is 6.19. The first-order valence-electron chi connectivity index (χ1n) is 7.92. The summed E-state index contributed by atoms with van der Waals surface area (Å²) in [4.78, 5) is 12.2. The number of hydrogen-bond acceptors (Lipinski definition) is 4. The number of esters is 1. The van der Waals surface area contributed by atoms with E-state index in [0.717, 1.165) is 26.2 Å². The van der Waals surface area contributed by atoms with Gasteiger partial charge in [0.25, 0.3) is 0 Å². The first-order chi connectivity index (χ1) is 12.0. The summed E-state index contributed by atoms with van der Waals surface area (Å²) in [6, 6.07) is 1.86. The average Bonchev–Trinajstić information content (AvgIpc) is 2.83. The van der Waals surface area contributed by atoms with Crippen molar-refractivity contribution in [3.63, 3.8) is 0 Å². The molecule has 0 aliphatic carbocycles. The molecule has 4 atom stereocenters. The van der Waals surface area contributed by atoms with Gasteiger partial charge in [-0.15, -0.1) is 0 Å². The van der Waals surface area contributed by atoms with Gasteiger partial charge in [-0.25, -0.2) is 9.18 Å². The molecule has 9 heteroatoms. The summed E-state index contributed by atoms with van der Waals surface area (Å²) in [5.74, 6) is -6.68. The Morgan fingerprint density at radius 1 is 1.31 bits per heavy atom. The minimum Gasteiger partial charge on any atom is -0.493 e. The van der Waals surface area contributed by atoms with Crippen molar-refractivity contribution in [1.82, 2.24) is 0 Å². The lowest BCUT2D eigenvalue weighted by Gasteiger charge is -2.31. The van der Waals surface area contributed by atoms with Crippen LogP contribution >= 0.6 is 0 Å². The molecule has 1 aliphatic heterocycles. The van der Waals surface area contributed by atoms with E-state index in [-0.39, 0.29) is 12.2 Å². The Morgan fingerprint density at radius 2 is 1.92 bits per heavy atom. The van der Waals surface area contributed by atoms with E-state index in [1.807, 2.05) is 0 Å². The van der Waals surface area contributed by atoms with Gasteiger partial charge in [0.05, 0.1) is 13.7 Å². The molecule has 0 saturated carbocycles. The lowest BCUT2D eigenvalue weighted by molar-refractivity contribution is -0.274. The van der Waals surface area contributed by atoms with E-state index in [4.69, 9.17) is 14.2 Å². The molecule has 2 rings (SSSR count). The Balaban J connectivity index is 2.63. The van der Waals surface area contributed by atoms with E-state index >= 15 is 0 Å². The molecule has 1 aromatic carbocycles. The van der Waals surface area contributed by atoms with Crippen LogP contribution in [0.1, 0.15) is 32.3 Å². The van der Waals surface area contributed by atoms with Crippen molar-refractivity contribution in [2.75, 3.05) is 13.7 Å². The monoisotopic (exact) mass is 382 g/mol. The van der Waals surface area contributed by atoms with Crippen LogP contribution in [-0.2, 0) is 14.3 Å². The molecular formula is C17H19F5O4. The molecule has 0 N–H and O–H groups in total. The summed E-state index contributed by atoms with van der Waals surface area (Å²) >= 11 is 0. The quantitative estimate of drug-likeness (QED) is 0.584. The van der Waals surface area contributed by atoms with Crippen LogP contribution in [0.15, 0.2) is 12.1 Å². The van der Waals surface area contributed by atoms with Gasteiger partial charge in [0, 0.05) is 17.4 Å². The first-order valence-corrected chi connectivity index (χ1v) is 7.92. The van der Waals surface area contributed by atoms with Gasteiger partial charge in [0.2, 0.25) is 5.82 Å². The Bertz CT molecular complexity index is 690. The molecule has 1 fully saturated rings. The highest BCUT2D eigenvalue weighted by atomic mass is 19.4. The van der Waals surface area contributed by atoms with Gasteiger partial charge in [-0.2, -0.15) is 17.6 Å². The second-order valence-corrected chi connectivity index (χ2v) is 6.19. The molecule has 0 amide bonds. The maximum absolute atomic E-state index is 14.1. The Labute approximate surface area is 147 Å². The predicted molar refractivity (Wildman–Crippen MR) is 80.8 cm³/mol. The van der Waals surface area contributed by atoms with Crippen LogP contribution in [0.25, 0.3) is 0 Å². The van der Waals surface area contributed by atoms with Crippen LogP contribution in [0.4, 0.5) is 22.0 Å². The molecule has 146 valence electrons. The summed E-state index contributed by atoms with van der Waals surface area (Å²) in [5.41, 5.74) is -2.77. The number of carbonyl (C=O) groups excluding carboxylic acids is 1. The highest BCUT2D eigenvalue weighted by molar-refractivity contribution is 5.77. The highest BCUT2D eigenvalue weighted by Crippen LogP contribution is 2.54. The van der Waals surface area contributed by atoms with E-state index in [9.17, 15) is 26.7 Å². The van der Waals surface area contributed by atoms with Crippen molar-refractivity contribution in [3.8, 4) is 5.75 Å². The van der Waals surface area contributed by atoms with Crippen molar-refractivity contribution < 1.29 is 41.0 Å². The van der Waals surface area contributed by atoms with Crippen LogP contribution in [0.5, 0.6) is 5.75 Å². The van der Waals surface area contributed by atoms with Gasteiger partial charge in [0.15, 0.2) is 23.3 Å². The molecule has 1 aromatic rings. The average molecular weight is 382 g/mol. The van der Waals surface area contributed by atoms with Crippen LogP contribution in [0.2, 0.25) is 0 Å². The molecular weight excluding hydrogens is 363 g/mol. The molecule has 0 bridgehead atoms. The van der Waals surface area contributed by atoms with Gasteiger partial charge >= 0.3 is 12.1 Å². The van der Waals surface area contributed by atoms with E-state index in [1.165, 1.54) is 13.8 Å². The number of benzene rings is 1. The summed E-state index contributed by atoms with van der Waals surface area (Å²) < 4.78 is 83.1. The van der Waals surface area contributed by atoms with Gasteiger partial charge in [-0.1, -0.05) is 13.0 Å².